The molecule has 1 aromatic heterocycles. The van der Waals surface area contributed by atoms with Crippen molar-refractivity contribution < 1.29 is 9.18 Å². The highest BCUT2D eigenvalue weighted by molar-refractivity contribution is 7.97. The van der Waals surface area contributed by atoms with Crippen LogP contribution in [0, 0.1) is 6.92 Å². The largest absolute Gasteiger partial charge is 0.337 e. The number of hydrogen-bond donors (Lipinski definition) is 2. The zero-order valence-corrected chi connectivity index (χ0v) is 21.2. The second kappa shape index (κ2) is 12.7. The molecule has 0 atom stereocenters. The molecule has 0 saturated carbocycles. The van der Waals surface area contributed by atoms with Crippen LogP contribution in [0.15, 0.2) is 59.3 Å². The number of fused-ring (bicyclic) bond motifs is 1. The summed E-state index contributed by atoms with van der Waals surface area (Å²) in [6.07, 6.45) is 2.22. The van der Waals surface area contributed by atoms with Crippen LogP contribution in [-0.4, -0.2) is 48.9 Å². The molecule has 0 aliphatic carbocycles. The molecule has 3 aromatic rings. The lowest BCUT2D eigenvalue weighted by Crippen LogP contribution is -2.15. The average molecular weight is 471 g/mol. The Morgan fingerprint density at radius 2 is 1.94 bits per heavy atom. The molecule has 2 aromatic carbocycles. The van der Waals surface area contributed by atoms with Crippen molar-refractivity contribution in [1.29, 1.82) is 0 Å². The molecule has 178 valence electrons. The first-order valence-corrected chi connectivity index (χ1v) is 11.7. The Labute approximate surface area is 201 Å². The van der Waals surface area contributed by atoms with E-state index in [4.69, 9.17) is 5.73 Å². The SMILES string of the molecule is CNC(C)C.Cc1c(-c2cccc(SN(C)C)c2)c2cc(C=O)ccc2n1C/C(F)=C/CN. The average Bonchev–Trinajstić information content (AvgIpc) is 3.04. The molecule has 0 spiro atoms. The van der Waals surface area contributed by atoms with Gasteiger partial charge >= 0.3 is 0 Å². The zero-order chi connectivity index (χ0) is 24.5. The lowest BCUT2D eigenvalue weighted by molar-refractivity contribution is 0.112. The zero-order valence-electron chi connectivity index (χ0n) is 20.4. The van der Waals surface area contributed by atoms with Gasteiger partial charge in [0.25, 0.3) is 0 Å². The molecule has 7 heteroatoms. The number of allylic oxidation sites excluding steroid dienone is 1. The van der Waals surface area contributed by atoms with E-state index in [1.807, 2.05) is 61.2 Å². The molecular weight excluding hydrogens is 435 g/mol. The fourth-order valence-electron chi connectivity index (χ4n) is 3.40. The maximum atomic E-state index is 14.3. The molecule has 0 aliphatic rings. The summed E-state index contributed by atoms with van der Waals surface area (Å²) in [4.78, 5) is 12.4. The van der Waals surface area contributed by atoms with Gasteiger partial charge in [-0.1, -0.05) is 26.0 Å². The topological polar surface area (TPSA) is 63.3 Å². The summed E-state index contributed by atoms with van der Waals surface area (Å²) in [7, 11) is 5.94. The second-order valence-corrected chi connectivity index (χ2v) is 9.59. The van der Waals surface area contributed by atoms with Gasteiger partial charge in [0.05, 0.1) is 6.54 Å². The van der Waals surface area contributed by atoms with Gasteiger partial charge in [0.2, 0.25) is 0 Å². The van der Waals surface area contributed by atoms with E-state index in [9.17, 15) is 9.18 Å². The van der Waals surface area contributed by atoms with Gasteiger partial charge in [-0.25, -0.2) is 4.39 Å². The highest BCUT2D eigenvalue weighted by Crippen LogP contribution is 2.37. The van der Waals surface area contributed by atoms with Crippen molar-refractivity contribution in [2.45, 2.75) is 38.3 Å². The van der Waals surface area contributed by atoms with E-state index in [2.05, 4.69) is 31.3 Å². The van der Waals surface area contributed by atoms with E-state index in [-0.39, 0.29) is 18.9 Å². The van der Waals surface area contributed by atoms with Crippen molar-refractivity contribution >= 4 is 29.1 Å². The van der Waals surface area contributed by atoms with E-state index < -0.39 is 0 Å². The molecular formula is C26H35FN4OS. The quantitative estimate of drug-likeness (QED) is 0.340. The molecule has 0 aliphatic heterocycles. The van der Waals surface area contributed by atoms with Crippen molar-refractivity contribution in [2.75, 3.05) is 27.7 Å². The highest BCUT2D eigenvalue weighted by Gasteiger charge is 2.17. The maximum Gasteiger partial charge on any atom is 0.150 e. The van der Waals surface area contributed by atoms with Crippen LogP contribution in [0.1, 0.15) is 29.9 Å². The standard InChI is InChI=1S/C22H24FN3OS.C4H11N/c1-15-22(17-5-4-6-19(12-17)28-25(2)3)20-11-16(14-27)7-8-21(20)26(15)13-18(23)9-10-24;1-4(2)5-3/h4-9,11-12,14H,10,13,24H2,1-3H3;4-5H,1-3H3/b18-9-;. The van der Waals surface area contributed by atoms with Crippen LogP contribution in [0.25, 0.3) is 22.0 Å². The van der Waals surface area contributed by atoms with E-state index in [1.54, 1.807) is 18.0 Å². The number of carbonyl (C=O) groups is 1. The van der Waals surface area contributed by atoms with Gasteiger partial charge < -0.3 is 15.6 Å². The number of nitrogens with one attached hydrogen (secondary N) is 1. The lowest BCUT2D eigenvalue weighted by Gasteiger charge is -2.11. The molecule has 3 rings (SSSR count). The van der Waals surface area contributed by atoms with Crippen molar-refractivity contribution in [3.63, 3.8) is 0 Å². The van der Waals surface area contributed by atoms with Gasteiger partial charge in [0.15, 0.2) is 0 Å². The minimum absolute atomic E-state index is 0.117. The Balaban J connectivity index is 0.000000696. The Hall–Kier alpha value is -2.45. The Kier molecular flexibility index (Phi) is 10.3. The van der Waals surface area contributed by atoms with Crippen LogP contribution >= 0.6 is 11.9 Å². The number of rotatable bonds is 8. The Bertz CT molecular complexity index is 1110. The number of hydrogen-bond acceptors (Lipinski definition) is 5. The number of nitrogens with two attached hydrogens (primary N) is 1. The molecule has 0 saturated heterocycles. The summed E-state index contributed by atoms with van der Waals surface area (Å²) in [6.45, 7) is 6.49. The molecule has 33 heavy (non-hydrogen) atoms. The number of carbonyl (C=O) groups excluding carboxylic acids is 1. The van der Waals surface area contributed by atoms with Crippen LogP contribution in [0.3, 0.4) is 0 Å². The van der Waals surface area contributed by atoms with Crippen molar-refractivity contribution in [2.24, 2.45) is 5.73 Å². The first kappa shape index (κ1) is 26.8. The first-order chi connectivity index (χ1) is 15.7. The monoisotopic (exact) mass is 470 g/mol. The number of nitrogens with zero attached hydrogens (tertiary/aromatic N) is 2. The van der Waals surface area contributed by atoms with E-state index in [0.29, 0.717) is 11.6 Å². The van der Waals surface area contributed by atoms with Gasteiger partial charge in [-0.15, -0.1) is 0 Å². The van der Waals surface area contributed by atoms with Crippen molar-refractivity contribution in [1.82, 2.24) is 14.2 Å². The summed E-state index contributed by atoms with van der Waals surface area (Å²) >= 11 is 1.64. The summed E-state index contributed by atoms with van der Waals surface area (Å²) in [6, 6.07) is 14.4. The Morgan fingerprint density at radius 1 is 1.24 bits per heavy atom. The number of benzene rings is 2. The summed E-state index contributed by atoms with van der Waals surface area (Å²) in [5.74, 6) is -0.273. The van der Waals surface area contributed by atoms with Gasteiger partial charge in [-0.3, -0.25) is 9.10 Å². The first-order valence-electron chi connectivity index (χ1n) is 11.0. The molecule has 3 N–H and O–H groups in total. The smallest absolute Gasteiger partial charge is 0.150 e. The molecule has 5 nitrogen and oxygen atoms in total. The number of halogens is 1. The predicted octanol–water partition coefficient (Wildman–Crippen LogP) is 5.42. The third-order valence-corrected chi connectivity index (χ3v) is 5.95. The van der Waals surface area contributed by atoms with Crippen LogP contribution < -0.4 is 11.1 Å². The van der Waals surface area contributed by atoms with Crippen LogP contribution in [-0.2, 0) is 6.54 Å². The van der Waals surface area contributed by atoms with Crippen LogP contribution in [0.4, 0.5) is 4.39 Å². The molecule has 0 amide bonds. The van der Waals surface area contributed by atoms with Gasteiger partial charge in [0, 0.05) is 45.2 Å². The molecule has 1 heterocycles. The summed E-state index contributed by atoms with van der Waals surface area (Å²) in [5, 5.41) is 3.97. The molecule has 0 bridgehead atoms. The minimum Gasteiger partial charge on any atom is -0.337 e. The summed E-state index contributed by atoms with van der Waals surface area (Å²) in [5.41, 5.74) is 9.95. The molecule has 0 unspecified atom stereocenters. The third-order valence-electron chi connectivity index (χ3n) is 5.12. The van der Waals surface area contributed by atoms with Crippen molar-refractivity contribution in [3.05, 3.63) is 65.6 Å². The fraction of sp³-hybridized carbons (Fsp3) is 0.346. The van der Waals surface area contributed by atoms with Gasteiger partial charge in [-0.2, -0.15) is 0 Å². The van der Waals surface area contributed by atoms with E-state index in [0.717, 1.165) is 38.9 Å². The molecule has 0 radical (unpaired) electrons. The van der Waals surface area contributed by atoms with E-state index in [1.165, 1.54) is 6.08 Å². The van der Waals surface area contributed by atoms with E-state index >= 15 is 0 Å². The van der Waals surface area contributed by atoms with Gasteiger partial charge in [0.1, 0.15) is 12.1 Å². The summed E-state index contributed by atoms with van der Waals surface area (Å²) < 4.78 is 18.2. The third kappa shape index (κ3) is 7.27. The lowest BCUT2D eigenvalue weighted by atomic mass is 10.0. The van der Waals surface area contributed by atoms with Crippen molar-refractivity contribution in [3.8, 4) is 11.1 Å². The minimum atomic E-state index is -0.273. The molecule has 0 fully saturated rings. The second-order valence-electron chi connectivity index (χ2n) is 8.20. The Morgan fingerprint density at radius 3 is 2.52 bits per heavy atom. The maximum absolute atomic E-state index is 14.3. The normalized spacial score (nSPS) is 11.8. The van der Waals surface area contributed by atoms with Crippen LogP contribution in [0.5, 0.6) is 0 Å². The van der Waals surface area contributed by atoms with Crippen LogP contribution in [0.2, 0.25) is 0 Å². The fourth-order valence-corrected chi connectivity index (χ4v) is 4.14. The predicted molar refractivity (Wildman–Crippen MR) is 139 cm³/mol. The number of aromatic nitrogens is 1. The number of aldehydes is 1. The highest BCUT2D eigenvalue weighted by atomic mass is 32.2. The van der Waals surface area contributed by atoms with Gasteiger partial charge in [-0.05, 0) is 82.0 Å².